The molecule has 0 aromatic heterocycles. The molecule has 0 unspecified atom stereocenters. The highest BCUT2D eigenvalue weighted by atomic mass is 35.5. The summed E-state index contributed by atoms with van der Waals surface area (Å²) in [6, 6.07) is 6.28. The van der Waals surface area contributed by atoms with Crippen molar-refractivity contribution in [1.82, 2.24) is 0 Å². The normalized spacial score (nSPS) is 10.2. The molecule has 0 radical (unpaired) electrons. The van der Waals surface area contributed by atoms with Crippen molar-refractivity contribution in [1.29, 1.82) is 0 Å². The molecule has 0 amide bonds. The zero-order valence-corrected chi connectivity index (χ0v) is 9.00. The Kier molecular flexibility index (Phi) is 3.96. The average Bonchev–Trinajstić information content (AvgIpc) is 2.09. The van der Waals surface area contributed by atoms with E-state index in [9.17, 15) is 0 Å². The summed E-state index contributed by atoms with van der Waals surface area (Å²) in [5.41, 5.74) is 2.62. The van der Waals surface area contributed by atoms with Crippen LogP contribution in [-0.2, 0) is 12.2 Å². The molecule has 0 aliphatic rings. The van der Waals surface area contributed by atoms with Gasteiger partial charge in [-0.15, -0.1) is 0 Å². The van der Waals surface area contributed by atoms with Gasteiger partial charge in [-0.05, 0) is 29.9 Å². The highest BCUT2D eigenvalue weighted by molar-refractivity contribution is 7.97. The summed E-state index contributed by atoms with van der Waals surface area (Å²) in [5, 5.41) is 0.891. The number of halogens is 1. The molecule has 0 heterocycles. The van der Waals surface area contributed by atoms with Crippen LogP contribution in [0.5, 0.6) is 0 Å². The molecule has 0 fully saturated rings. The van der Waals surface area contributed by atoms with E-state index in [4.69, 9.17) is 11.6 Å². The van der Waals surface area contributed by atoms with E-state index >= 15 is 0 Å². The first-order valence-electron chi connectivity index (χ1n) is 4.04. The van der Waals surface area contributed by atoms with E-state index in [0.29, 0.717) is 0 Å². The van der Waals surface area contributed by atoms with Crippen LogP contribution < -0.4 is 0 Å². The number of hydrogen-bond acceptors (Lipinski definition) is 1. The van der Waals surface area contributed by atoms with Crippen LogP contribution in [0.4, 0.5) is 0 Å². The molecule has 66 valence electrons. The zero-order valence-electron chi connectivity index (χ0n) is 7.43. The van der Waals surface area contributed by atoms with Gasteiger partial charge in [-0.3, -0.25) is 0 Å². The molecule has 2 heteroatoms. The standard InChI is InChI=1S/C10H13ClS/c1-3-9-6-8(7-12-2)4-5-10(9)11/h4-6H,3,7H2,1-2H3. The van der Waals surface area contributed by atoms with Crippen LogP contribution in [0.1, 0.15) is 18.1 Å². The summed E-state index contributed by atoms with van der Waals surface area (Å²) in [7, 11) is 0. The minimum absolute atomic E-state index is 0.891. The van der Waals surface area contributed by atoms with E-state index in [2.05, 4.69) is 25.3 Å². The number of rotatable bonds is 3. The molecule has 1 aromatic carbocycles. The molecule has 0 saturated carbocycles. The Balaban J connectivity index is 2.89. The Bertz CT molecular complexity index is 258. The zero-order chi connectivity index (χ0) is 8.97. The molecule has 1 aromatic rings. The molecule has 0 spiro atoms. The van der Waals surface area contributed by atoms with E-state index in [0.717, 1.165) is 17.2 Å². The van der Waals surface area contributed by atoms with Gasteiger partial charge in [0.15, 0.2) is 0 Å². The molecule has 0 saturated heterocycles. The summed E-state index contributed by atoms with van der Waals surface area (Å²) in [4.78, 5) is 0. The van der Waals surface area contributed by atoms with Crippen LogP contribution >= 0.6 is 23.4 Å². The van der Waals surface area contributed by atoms with E-state index in [1.54, 1.807) is 0 Å². The first-order valence-corrected chi connectivity index (χ1v) is 5.81. The lowest BCUT2D eigenvalue weighted by Crippen LogP contribution is -1.86. The lowest BCUT2D eigenvalue weighted by Gasteiger charge is -2.03. The van der Waals surface area contributed by atoms with Gasteiger partial charge >= 0.3 is 0 Å². The monoisotopic (exact) mass is 200 g/mol. The van der Waals surface area contributed by atoms with E-state index in [1.807, 2.05) is 17.8 Å². The van der Waals surface area contributed by atoms with Gasteiger partial charge in [0.1, 0.15) is 0 Å². The lowest BCUT2D eigenvalue weighted by molar-refractivity contribution is 1.13. The Hall–Kier alpha value is -0.140. The molecule has 0 bridgehead atoms. The van der Waals surface area contributed by atoms with Crippen molar-refractivity contribution in [2.45, 2.75) is 19.1 Å². The van der Waals surface area contributed by atoms with Crippen molar-refractivity contribution in [3.8, 4) is 0 Å². The first kappa shape index (κ1) is 9.94. The Morgan fingerprint density at radius 1 is 1.42 bits per heavy atom. The quantitative estimate of drug-likeness (QED) is 0.716. The highest BCUT2D eigenvalue weighted by Gasteiger charge is 1.98. The average molecular weight is 201 g/mol. The topological polar surface area (TPSA) is 0 Å². The Morgan fingerprint density at radius 2 is 2.17 bits per heavy atom. The van der Waals surface area contributed by atoms with Crippen LogP contribution in [0.25, 0.3) is 0 Å². The molecule has 0 aliphatic heterocycles. The third-order valence-corrected chi connectivity index (χ3v) is 2.79. The molecule has 1 rings (SSSR count). The van der Waals surface area contributed by atoms with Crippen LogP contribution in [0.2, 0.25) is 5.02 Å². The van der Waals surface area contributed by atoms with Gasteiger partial charge < -0.3 is 0 Å². The van der Waals surface area contributed by atoms with Gasteiger partial charge in [-0.1, -0.05) is 30.7 Å². The van der Waals surface area contributed by atoms with Gasteiger partial charge in [0.2, 0.25) is 0 Å². The van der Waals surface area contributed by atoms with E-state index < -0.39 is 0 Å². The second-order valence-corrected chi connectivity index (χ2v) is 3.99. The van der Waals surface area contributed by atoms with Crippen molar-refractivity contribution in [2.75, 3.05) is 6.26 Å². The highest BCUT2D eigenvalue weighted by Crippen LogP contribution is 2.20. The third kappa shape index (κ3) is 2.43. The maximum atomic E-state index is 5.99. The predicted molar refractivity (Wildman–Crippen MR) is 58.0 cm³/mol. The van der Waals surface area contributed by atoms with Crippen molar-refractivity contribution < 1.29 is 0 Å². The molecular formula is C10H13ClS. The maximum Gasteiger partial charge on any atom is 0.0438 e. The van der Waals surface area contributed by atoms with Gasteiger partial charge in [0.25, 0.3) is 0 Å². The summed E-state index contributed by atoms with van der Waals surface area (Å²) < 4.78 is 0. The second kappa shape index (κ2) is 4.78. The third-order valence-electron chi connectivity index (χ3n) is 1.80. The van der Waals surface area contributed by atoms with E-state index in [1.165, 1.54) is 11.1 Å². The number of thioether (sulfide) groups is 1. The fourth-order valence-corrected chi connectivity index (χ4v) is 1.92. The molecule has 0 N–H and O–H groups in total. The molecule has 0 nitrogen and oxygen atoms in total. The predicted octanol–water partition coefficient (Wildman–Crippen LogP) is 3.77. The fourth-order valence-electron chi connectivity index (χ4n) is 1.16. The summed E-state index contributed by atoms with van der Waals surface area (Å²) in [6.07, 6.45) is 3.13. The summed E-state index contributed by atoms with van der Waals surface area (Å²) in [5.74, 6) is 1.07. The van der Waals surface area contributed by atoms with Crippen molar-refractivity contribution in [2.24, 2.45) is 0 Å². The Morgan fingerprint density at radius 3 is 2.75 bits per heavy atom. The minimum atomic E-state index is 0.891. The van der Waals surface area contributed by atoms with Crippen molar-refractivity contribution in [3.05, 3.63) is 34.3 Å². The minimum Gasteiger partial charge on any atom is -0.161 e. The Labute approximate surface area is 83.3 Å². The van der Waals surface area contributed by atoms with Crippen LogP contribution in [0.3, 0.4) is 0 Å². The van der Waals surface area contributed by atoms with E-state index in [-0.39, 0.29) is 0 Å². The lowest BCUT2D eigenvalue weighted by atomic mass is 10.1. The van der Waals surface area contributed by atoms with Gasteiger partial charge in [0, 0.05) is 10.8 Å². The van der Waals surface area contributed by atoms with Crippen LogP contribution in [0, 0.1) is 0 Å². The molecule has 12 heavy (non-hydrogen) atoms. The van der Waals surface area contributed by atoms with Gasteiger partial charge in [-0.25, -0.2) is 0 Å². The van der Waals surface area contributed by atoms with Crippen molar-refractivity contribution in [3.63, 3.8) is 0 Å². The van der Waals surface area contributed by atoms with Crippen LogP contribution in [-0.4, -0.2) is 6.26 Å². The van der Waals surface area contributed by atoms with Crippen LogP contribution in [0.15, 0.2) is 18.2 Å². The number of benzene rings is 1. The summed E-state index contributed by atoms with van der Waals surface area (Å²) >= 11 is 7.83. The smallest absolute Gasteiger partial charge is 0.0438 e. The van der Waals surface area contributed by atoms with Gasteiger partial charge in [-0.2, -0.15) is 11.8 Å². The first-order chi connectivity index (χ1) is 5.77. The number of hydrogen-bond donors (Lipinski definition) is 0. The largest absolute Gasteiger partial charge is 0.161 e. The maximum absolute atomic E-state index is 5.99. The SMILES string of the molecule is CCc1cc(CSC)ccc1Cl. The number of aryl methyl sites for hydroxylation is 1. The molecule has 0 atom stereocenters. The summed E-state index contributed by atoms with van der Waals surface area (Å²) in [6.45, 7) is 2.13. The van der Waals surface area contributed by atoms with Crippen molar-refractivity contribution >= 4 is 23.4 Å². The fraction of sp³-hybridized carbons (Fsp3) is 0.400. The second-order valence-electron chi connectivity index (χ2n) is 2.71. The molecular weight excluding hydrogens is 188 g/mol. The molecule has 0 aliphatic carbocycles. The van der Waals surface area contributed by atoms with Gasteiger partial charge in [0.05, 0.1) is 0 Å².